The van der Waals surface area contributed by atoms with Gasteiger partial charge in [-0.1, -0.05) is 56.3 Å². The third-order valence-electron chi connectivity index (χ3n) is 7.06. The van der Waals surface area contributed by atoms with Crippen molar-refractivity contribution in [3.8, 4) is 16.9 Å². The van der Waals surface area contributed by atoms with Gasteiger partial charge in [-0.05, 0) is 76.1 Å². The van der Waals surface area contributed by atoms with Crippen LogP contribution in [0.1, 0.15) is 70.0 Å². The standard InChI is InChI=1S/C30H36N2O3.C4H10O/c1-21-26(20-27(33)34)29(32-17-15-30(3,4)16-18-32)28(22(2)31-21)24-10-12-25(13-11-24)35-19-14-23-8-6-5-7-9-23;1-4(2,3)5/h5-13H,14-20H2,1-4H3,(H,33,34);5H,1-3H3. The molecule has 40 heavy (non-hydrogen) atoms. The fraction of sp³-hybridized carbons (Fsp3) is 0.471. The van der Waals surface area contributed by atoms with Crippen molar-refractivity contribution in [2.75, 3.05) is 24.6 Å². The summed E-state index contributed by atoms with van der Waals surface area (Å²) in [5.74, 6) is -0.0000991. The summed E-state index contributed by atoms with van der Waals surface area (Å²) in [6, 6.07) is 18.5. The van der Waals surface area contributed by atoms with E-state index in [0.29, 0.717) is 12.0 Å². The van der Waals surface area contributed by atoms with E-state index in [0.717, 1.165) is 71.9 Å². The van der Waals surface area contributed by atoms with Crippen LogP contribution in [-0.2, 0) is 17.6 Å². The van der Waals surface area contributed by atoms with Gasteiger partial charge >= 0.3 is 5.97 Å². The molecule has 0 saturated carbocycles. The molecule has 0 amide bonds. The maximum absolute atomic E-state index is 11.8. The normalized spacial score (nSPS) is 14.8. The molecule has 0 aliphatic carbocycles. The first kappa shape index (κ1) is 31.2. The van der Waals surface area contributed by atoms with Crippen LogP contribution in [0.4, 0.5) is 5.69 Å². The van der Waals surface area contributed by atoms with E-state index >= 15 is 0 Å². The molecule has 2 heterocycles. The second kappa shape index (κ2) is 13.3. The average Bonchev–Trinajstić information content (AvgIpc) is 2.86. The summed E-state index contributed by atoms with van der Waals surface area (Å²) in [5.41, 5.74) is 6.71. The maximum Gasteiger partial charge on any atom is 0.307 e. The number of carboxylic acid groups (broad SMARTS) is 1. The van der Waals surface area contributed by atoms with Crippen LogP contribution >= 0.6 is 0 Å². The van der Waals surface area contributed by atoms with E-state index in [2.05, 4.69) is 43.0 Å². The SMILES string of the molecule is CC(C)(C)O.Cc1nc(C)c(-c2ccc(OCCc3ccccc3)cc2)c(N2CCC(C)(C)CC2)c1CC(=O)O. The number of carbonyl (C=O) groups is 1. The molecule has 0 bridgehead atoms. The van der Waals surface area contributed by atoms with E-state index in [1.165, 1.54) is 5.56 Å². The predicted molar refractivity (Wildman–Crippen MR) is 163 cm³/mol. The molecular weight excluding hydrogens is 500 g/mol. The smallest absolute Gasteiger partial charge is 0.307 e. The Morgan fingerprint density at radius 1 is 0.975 bits per heavy atom. The summed E-state index contributed by atoms with van der Waals surface area (Å²) < 4.78 is 5.99. The number of anilines is 1. The van der Waals surface area contributed by atoms with Crippen molar-refractivity contribution < 1.29 is 19.7 Å². The van der Waals surface area contributed by atoms with Crippen molar-refractivity contribution in [1.82, 2.24) is 4.98 Å². The highest BCUT2D eigenvalue weighted by Gasteiger charge is 2.30. The van der Waals surface area contributed by atoms with Gasteiger partial charge in [0.15, 0.2) is 0 Å². The zero-order chi connectivity index (χ0) is 29.5. The lowest BCUT2D eigenvalue weighted by atomic mass is 9.82. The molecule has 3 aromatic rings. The summed E-state index contributed by atoms with van der Waals surface area (Å²) >= 11 is 0. The highest BCUT2D eigenvalue weighted by Crippen LogP contribution is 2.41. The monoisotopic (exact) mass is 546 g/mol. The molecule has 216 valence electrons. The van der Waals surface area contributed by atoms with Gasteiger partial charge in [-0.25, -0.2) is 0 Å². The first-order valence-corrected chi connectivity index (χ1v) is 14.2. The Bertz CT molecular complexity index is 1250. The van der Waals surface area contributed by atoms with Gasteiger partial charge in [-0.3, -0.25) is 9.78 Å². The Morgan fingerprint density at radius 2 is 1.55 bits per heavy atom. The lowest BCUT2D eigenvalue weighted by Crippen LogP contribution is -2.38. The minimum atomic E-state index is -0.828. The third kappa shape index (κ3) is 9.37. The van der Waals surface area contributed by atoms with Gasteiger partial charge < -0.3 is 19.8 Å². The van der Waals surface area contributed by atoms with Gasteiger partial charge in [0.25, 0.3) is 0 Å². The van der Waals surface area contributed by atoms with Crippen molar-refractivity contribution in [3.05, 3.63) is 77.1 Å². The Hall–Kier alpha value is -3.38. The summed E-state index contributed by atoms with van der Waals surface area (Å²) in [6.07, 6.45) is 2.99. The van der Waals surface area contributed by atoms with Crippen LogP contribution in [0.3, 0.4) is 0 Å². The van der Waals surface area contributed by atoms with Crippen LogP contribution in [0.2, 0.25) is 0 Å². The average molecular weight is 547 g/mol. The number of nitrogens with zero attached hydrogens (tertiary/aromatic N) is 2. The molecule has 2 N–H and O–H groups in total. The molecule has 0 radical (unpaired) electrons. The summed E-state index contributed by atoms with van der Waals surface area (Å²) in [6.45, 7) is 16.2. The molecule has 0 unspecified atom stereocenters. The number of aliphatic carboxylic acids is 1. The van der Waals surface area contributed by atoms with Crippen molar-refractivity contribution in [2.24, 2.45) is 5.41 Å². The molecule has 2 aromatic carbocycles. The van der Waals surface area contributed by atoms with Crippen LogP contribution in [0.5, 0.6) is 5.75 Å². The van der Waals surface area contributed by atoms with Crippen LogP contribution < -0.4 is 9.64 Å². The Balaban J connectivity index is 0.000000810. The first-order valence-electron chi connectivity index (χ1n) is 14.2. The van der Waals surface area contributed by atoms with Gasteiger partial charge in [0.1, 0.15) is 5.75 Å². The topological polar surface area (TPSA) is 82.9 Å². The number of ether oxygens (including phenoxy) is 1. The predicted octanol–water partition coefficient (Wildman–Crippen LogP) is 7.02. The molecule has 6 heteroatoms. The second-order valence-electron chi connectivity index (χ2n) is 12.5. The minimum Gasteiger partial charge on any atom is -0.493 e. The fourth-order valence-corrected chi connectivity index (χ4v) is 4.91. The number of aryl methyl sites for hydroxylation is 2. The minimum absolute atomic E-state index is 0.0258. The van der Waals surface area contributed by atoms with Crippen molar-refractivity contribution in [3.63, 3.8) is 0 Å². The highest BCUT2D eigenvalue weighted by atomic mass is 16.5. The number of piperidine rings is 1. The Kier molecular flexibility index (Phi) is 10.4. The number of rotatable bonds is 8. The number of carboxylic acids is 1. The largest absolute Gasteiger partial charge is 0.493 e. The first-order chi connectivity index (χ1) is 18.7. The summed E-state index contributed by atoms with van der Waals surface area (Å²) in [4.78, 5) is 18.9. The number of hydrogen-bond donors (Lipinski definition) is 2. The van der Waals surface area contributed by atoms with E-state index in [1.807, 2.05) is 44.2 Å². The number of benzene rings is 2. The molecule has 1 saturated heterocycles. The zero-order valence-corrected chi connectivity index (χ0v) is 25.3. The van der Waals surface area contributed by atoms with Crippen LogP contribution in [-0.4, -0.2) is 46.5 Å². The lowest BCUT2D eigenvalue weighted by molar-refractivity contribution is -0.136. The quantitative estimate of drug-likeness (QED) is 0.316. The number of aromatic nitrogens is 1. The van der Waals surface area contributed by atoms with E-state index in [1.54, 1.807) is 20.8 Å². The molecule has 1 aliphatic rings. The second-order valence-corrected chi connectivity index (χ2v) is 12.5. The summed E-state index contributed by atoms with van der Waals surface area (Å²) in [5, 5.41) is 18.2. The lowest BCUT2D eigenvalue weighted by Gasteiger charge is -2.40. The molecule has 0 spiro atoms. The molecule has 1 aliphatic heterocycles. The number of hydrogen-bond acceptors (Lipinski definition) is 5. The van der Waals surface area contributed by atoms with Crippen molar-refractivity contribution in [1.29, 1.82) is 0 Å². The highest BCUT2D eigenvalue weighted by molar-refractivity contribution is 5.86. The van der Waals surface area contributed by atoms with Gasteiger partial charge in [0, 0.05) is 42.0 Å². The molecule has 4 rings (SSSR count). The Morgan fingerprint density at radius 3 is 2.10 bits per heavy atom. The molecule has 1 aromatic heterocycles. The van der Waals surface area contributed by atoms with Gasteiger partial charge in [-0.2, -0.15) is 0 Å². The van der Waals surface area contributed by atoms with E-state index < -0.39 is 11.6 Å². The number of aliphatic hydroxyl groups is 1. The van der Waals surface area contributed by atoms with Crippen molar-refractivity contribution in [2.45, 2.75) is 79.8 Å². The number of pyridine rings is 1. The molecule has 6 nitrogen and oxygen atoms in total. The van der Waals surface area contributed by atoms with E-state index in [-0.39, 0.29) is 6.42 Å². The van der Waals surface area contributed by atoms with Crippen LogP contribution in [0, 0.1) is 19.3 Å². The van der Waals surface area contributed by atoms with Crippen LogP contribution in [0.15, 0.2) is 54.6 Å². The van der Waals surface area contributed by atoms with Crippen molar-refractivity contribution >= 4 is 11.7 Å². The Labute approximate surface area is 240 Å². The molecule has 0 atom stereocenters. The summed E-state index contributed by atoms with van der Waals surface area (Å²) in [7, 11) is 0. The fourth-order valence-electron chi connectivity index (χ4n) is 4.91. The maximum atomic E-state index is 11.8. The molecule has 1 fully saturated rings. The van der Waals surface area contributed by atoms with E-state index in [9.17, 15) is 9.90 Å². The van der Waals surface area contributed by atoms with Gasteiger partial charge in [0.05, 0.1) is 24.3 Å². The van der Waals surface area contributed by atoms with Gasteiger partial charge in [-0.15, -0.1) is 0 Å². The van der Waals surface area contributed by atoms with Crippen LogP contribution in [0.25, 0.3) is 11.1 Å². The zero-order valence-electron chi connectivity index (χ0n) is 25.3. The molecular formula is C34H46N2O4. The van der Waals surface area contributed by atoms with E-state index in [4.69, 9.17) is 14.8 Å². The third-order valence-corrected chi connectivity index (χ3v) is 7.06. The van der Waals surface area contributed by atoms with Gasteiger partial charge in [0.2, 0.25) is 0 Å².